The number of benzene rings is 1. The Hall–Kier alpha value is -0.730. The van der Waals surface area contributed by atoms with Crippen LogP contribution in [-0.4, -0.2) is 32.3 Å². The molecule has 0 spiro atoms. The van der Waals surface area contributed by atoms with Gasteiger partial charge in [-0.3, -0.25) is 4.57 Å². The van der Waals surface area contributed by atoms with Gasteiger partial charge in [0.25, 0.3) is 0 Å². The minimum absolute atomic E-state index is 0.142. The van der Waals surface area contributed by atoms with E-state index in [4.69, 9.17) is 9.05 Å². The first-order valence-corrected chi connectivity index (χ1v) is 11.3. The maximum atomic E-state index is 13.2. The predicted molar refractivity (Wildman–Crippen MR) is 98.6 cm³/mol. The Kier molecular flexibility index (Phi) is 6.64. The zero-order valence-electron chi connectivity index (χ0n) is 15.9. The molecule has 1 aliphatic heterocycles. The van der Waals surface area contributed by atoms with Crippen molar-refractivity contribution >= 4 is 18.6 Å². The number of halogens is 3. The smallest absolute Gasteiger partial charge is 0.308 e. The molecule has 0 radical (unpaired) electrons. The lowest BCUT2D eigenvalue weighted by atomic mass is 10.1. The van der Waals surface area contributed by atoms with Crippen LogP contribution in [-0.2, 0) is 30.8 Å². The zero-order chi connectivity index (χ0) is 20.6. The lowest BCUT2D eigenvalue weighted by molar-refractivity contribution is -0.137. The molecule has 0 aromatic heterocycles. The van der Waals surface area contributed by atoms with Crippen molar-refractivity contribution in [2.24, 2.45) is 0 Å². The summed E-state index contributed by atoms with van der Waals surface area (Å²) in [5.74, 6) is -0.797. The molecule has 27 heavy (non-hydrogen) atoms. The second kappa shape index (κ2) is 7.95. The topological polar surface area (TPSA) is 55.6 Å². The molecule has 1 fully saturated rings. The molecule has 154 valence electrons. The number of alkyl halides is 3. The van der Waals surface area contributed by atoms with E-state index >= 15 is 0 Å². The highest BCUT2D eigenvalue weighted by Crippen LogP contribution is 2.69. The lowest BCUT2D eigenvalue weighted by Gasteiger charge is -2.21. The van der Waals surface area contributed by atoms with E-state index in [1.807, 2.05) is 0 Å². The van der Waals surface area contributed by atoms with Gasteiger partial charge in [-0.2, -0.15) is 17.5 Å². The van der Waals surface area contributed by atoms with Crippen molar-refractivity contribution in [3.63, 3.8) is 0 Å². The van der Waals surface area contributed by atoms with Gasteiger partial charge < -0.3 is 9.05 Å². The van der Waals surface area contributed by atoms with Crippen LogP contribution in [0.4, 0.5) is 13.2 Å². The van der Waals surface area contributed by atoms with Crippen molar-refractivity contribution in [2.45, 2.75) is 57.4 Å². The Morgan fingerprint density at radius 3 is 1.93 bits per heavy atom. The SMILES string of the molecule is CCOP(=O)(OCC)[C@H]1[C@@H](c2ccc(C(F)(F)F)cc2)N1S(=O)C(C)(C)C. The monoisotopic (exact) mass is 427 g/mol. The van der Waals surface area contributed by atoms with Gasteiger partial charge in [-0.1, -0.05) is 12.1 Å². The van der Waals surface area contributed by atoms with Gasteiger partial charge in [0.05, 0.1) is 29.6 Å². The van der Waals surface area contributed by atoms with Crippen LogP contribution in [0.2, 0.25) is 0 Å². The van der Waals surface area contributed by atoms with Crippen LogP contribution in [0.3, 0.4) is 0 Å². The van der Waals surface area contributed by atoms with Crippen molar-refractivity contribution in [1.82, 2.24) is 4.31 Å². The Morgan fingerprint density at radius 2 is 1.56 bits per heavy atom. The molecule has 4 atom stereocenters. The predicted octanol–water partition coefficient (Wildman–Crippen LogP) is 5.12. The molecule has 1 aliphatic rings. The van der Waals surface area contributed by atoms with E-state index in [0.29, 0.717) is 5.56 Å². The van der Waals surface area contributed by atoms with E-state index in [1.54, 1.807) is 34.6 Å². The molecule has 0 aliphatic carbocycles. The Bertz CT molecular complexity index is 723. The molecule has 0 N–H and O–H groups in total. The van der Waals surface area contributed by atoms with E-state index in [2.05, 4.69) is 0 Å². The molecule has 2 rings (SSSR count). The molecule has 2 unspecified atom stereocenters. The average Bonchev–Trinajstić information content (AvgIpc) is 3.29. The molecule has 1 saturated heterocycles. The normalized spacial score (nSPS) is 24.7. The van der Waals surface area contributed by atoms with Crippen molar-refractivity contribution in [3.05, 3.63) is 35.4 Å². The summed E-state index contributed by atoms with van der Waals surface area (Å²) in [4.78, 5) is 0. The fourth-order valence-corrected chi connectivity index (χ4v) is 6.90. The fraction of sp³-hybridized carbons (Fsp3) is 0.647. The maximum Gasteiger partial charge on any atom is 0.416 e. The van der Waals surface area contributed by atoms with Gasteiger partial charge in [-0.25, -0.2) is 4.21 Å². The Balaban J connectivity index is 2.41. The molecular formula is C17H25F3NO4PS. The third-order valence-corrected chi connectivity index (χ3v) is 8.42. The van der Waals surface area contributed by atoms with Crippen LogP contribution in [0.5, 0.6) is 0 Å². The molecule has 0 saturated carbocycles. The van der Waals surface area contributed by atoms with E-state index in [0.717, 1.165) is 12.1 Å². The van der Waals surface area contributed by atoms with Gasteiger partial charge in [-0.05, 0) is 52.3 Å². The lowest BCUT2D eigenvalue weighted by Crippen LogP contribution is -2.28. The minimum Gasteiger partial charge on any atom is -0.308 e. The molecular weight excluding hydrogens is 402 g/mol. The quantitative estimate of drug-likeness (QED) is 0.448. The summed E-state index contributed by atoms with van der Waals surface area (Å²) >= 11 is 0. The van der Waals surface area contributed by atoms with Crippen LogP contribution in [0.1, 0.15) is 51.8 Å². The Labute approximate surface area is 160 Å². The van der Waals surface area contributed by atoms with Crippen LogP contribution in [0, 0.1) is 0 Å². The Morgan fingerprint density at radius 1 is 1.07 bits per heavy atom. The summed E-state index contributed by atoms with van der Waals surface area (Å²) in [6.45, 7) is 8.95. The van der Waals surface area contributed by atoms with E-state index < -0.39 is 46.9 Å². The van der Waals surface area contributed by atoms with Gasteiger partial charge >= 0.3 is 13.8 Å². The van der Waals surface area contributed by atoms with E-state index in [1.165, 1.54) is 16.4 Å². The van der Waals surface area contributed by atoms with E-state index in [9.17, 15) is 21.9 Å². The summed E-state index contributed by atoms with van der Waals surface area (Å²) in [5.41, 5.74) is -0.282. The second-order valence-electron chi connectivity index (χ2n) is 7.08. The molecule has 1 aromatic carbocycles. The van der Waals surface area contributed by atoms with Crippen LogP contribution < -0.4 is 0 Å². The molecule has 0 bridgehead atoms. The molecule has 1 heterocycles. The third kappa shape index (κ3) is 4.82. The highest BCUT2D eigenvalue weighted by atomic mass is 32.2. The third-order valence-electron chi connectivity index (χ3n) is 3.96. The number of hydrogen-bond acceptors (Lipinski definition) is 4. The van der Waals surface area contributed by atoms with Crippen molar-refractivity contribution in [1.29, 1.82) is 0 Å². The van der Waals surface area contributed by atoms with Crippen molar-refractivity contribution in [3.8, 4) is 0 Å². The van der Waals surface area contributed by atoms with Gasteiger partial charge in [0.15, 0.2) is 0 Å². The summed E-state index contributed by atoms with van der Waals surface area (Å²) in [7, 11) is -5.15. The first-order chi connectivity index (χ1) is 12.4. The van der Waals surface area contributed by atoms with Crippen molar-refractivity contribution in [2.75, 3.05) is 13.2 Å². The first kappa shape index (κ1) is 22.6. The molecule has 1 aromatic rings. The molecule has 0 amide bonds. The van der Waals surface area contributed by atoms with Crippen LogP contribution >= 0.6 is 7.60 Å². The summed E-state index contributed by atoms with van der Waals surface area (Å²) < 4.78 is 76.3. The standard InChI is InChI=1S/C17H25F3NO4PS/c1-6-24-26(22,25-7-2)15-14(21(15)27(23)16(3,4)5)12-8-10-13(11-9-12)17(18,19)20/h8-11,14-15H,6-7H2,1-5H3/t14-,15+,21?,27?/m1/s1. The summed E-state index contributed by atoms with van der Waals surface area (Å²) in [6.07, 6.45) is -4.44. The number of rotatable bonds is 7. The average molecular weight is 427 g/mol. The van der Waals surface area contributed by atoms with Crippen molar-refractivity contribution < 1.29 is 31.0 Å². The van der Waals surface area contributed by atoms with Crippen LogP contribution in [0.25, 0.3) is 0 Å². The molecule has 10 heteroatoms. The maximum absolute atomic E-state index is 13.2. The highest BCUT2D eigenvalue weighted by molar-refractivity contribution is 7.84. The summed E-state index contributed by atoms with van der Waals surface area (Å²) in [6, 6.07) is 3.98. The number of nitrogens with zero attached hydrogens (tertiary/aromatic N) is 1. The van der Waals surface area contributed by atoms with Crippen LogP contribution in [0.15, 0.2) is 24.3 Å². The fourth-order valence-electron chi connectivity index (χ4n) is 2.77. The summed E-state index contributed by atoms with van der Waals surface area (Å²) in [5, 5.41) is 0. The van der Waals surface area contributed by atoms with E-state index in [-0.39, 0.29) is 13.2 Å². The van der Waals surface area contributed by atoms with Gasteiger partial charge in [0.2, 0.25) is 0 Å². The second-order valence-corrected chi connectivity index (χ2v) is 11.3. The largest absolute Gasteiger partial charge is 0.416 e. The minimum atomic E-state index is -4.44. The van der Waals surface area contributed by atoms with Gasteiger partial charge in [0.1, 0.15) is 16.8 Å². The van der Waals surface area contributed by atoms with Gasteiger partial charge in [0, 0.05) is 0 Å². The van der Waals surface area contributed by atoms with Gasteiger partial charge in [-0.15, -0.1) is 0 Å². The first-order valence-electron chi connectivity index (χ1n) is 8.63. The number of hydrogen-bond donors (Lipinski definition) is 0. The molecule has 5 nitrogen and oxygen atoms in total. The highest BCUT2D eigenvalue weighted by Gasteiger charge is 2.65. The zero-order valence-corrected chi connectivity index (χ0v) is 17.7.